The van der Waals surface area contributed by atoms with Crippen molar-refractivity contribution in [3.63, 3.8) is 0 Å². The zero-order valence-corrected chi connectivity index (χ0v) is 18.0. The van der Waals surface area contributed by atoms with Gasteiger partial charge in [0, 0.05) is 26.4 Å². The van der Waals surface area contributed by atoms with Gasteiger partial charge >= 0.3 is 0 Å². The van der Waals surface area contributed by atoms with Crippen molar-refractivity contribution >= 4 is 17.7 Å². The Labute approximate surface area is 184 Å². The van der Waals surface area contributed by atoms with Crippen LogP contribution in [0.2, 0.25) is 0 Å². The van der Waals surface area contributed by atoms with E-state index in [1.54, 1.807) is 7.05 Å². The van der Waals surface area contributed by atoms with Crippen molar-refractivity contribution in [2.24, 2.45) is 0 Å². The Kier molecular flexibility index (Phi) is 8.21. The van der Waals surface area contributed by atoms with E-state index in [2.05, 4.69) is 10.6 Å². The van der Waals surface area contributed by atoms with Crippen LogP contribution in [0.4, 0.5) is 0 Å². The first kappa shape index (κ1) is 22.5. The van der Waals surface area contributed by atoms with Gasteiger partial charge in [0.2, 0.25) is 17.7 Å². The number of amides is 3. The number of likely N-dealkylation sites (N-methyl/N-ethyl adjacent to an activating group) is 1. The van der Waals surface area contributed by atoms with E-state index in [0.29, 0.717) is 32.2 Å². The Morgan fingerprint density at radius 1 is 1.03 bits per heavy atom. The molecule has 6 nitrogen and oxygen atoms in total. The van der Waals surface area contributed by atoms with Crippen molar-refractivity contribution in [3.8, 4) is 0 Å². The predicted octanol–water partition coefficient (Wildman–Crippen LogP) is 2.47. The molecule has 2 aromatic carbocycles. The second kappa shape index (κ2) is 11.3. The van der Waals surface area contributed by atoms with Crippen LogP contribution in [0.5, 0.6) is 0 Å². The molecule has 164 valence electrons. The number of nitrogens with zero attached hydrogens (tertiary/aromatic N) is 1. The number of hydrogen-bond acceptors (Lipinski definition) is 3. The van der Waals surface area contributed by atoms with E-state index < -0.39 is 12.1 Å². The predicted molar refractivity (Wildman–Crippen MR) is 120 cm³/mol. The number of benzene rings is 2. The van der Waals surface area contributed by atoms with Gasteiger partial charge in [-0.3, -0.25) is 14.4 Å². The number of nitrogens with one attached hydrogen (secondary N) is 2. The smallest absolute Gasteiger partial charge is 0.243 e. The van der Waals surface area contributed by atoms with Gasteiger partial charge in [-0.25, -0.2) is 0 Å². The summed E-state index contributed by atoms with van der Waals surface area (Å²) in [5, 5.41) is 5.74. The number of aryl methyl sites for hydroxylation is 1. The number of rotatable bonds is 8. The molecule has 1 aliphatic rings. The Morgan fingerprint density at radius 2 is 1.68 bits per heavy atom. The van der Waals surface area contributed by atoms with Gasteiger partial charge in [-0.2, -0.15) is 0 Å². The lowest BCUT2D eigenvalue weighted by Crippen LogP contribution is -2.54. The van der Waals surface area contributed by atoms with Crippen LogP contribution in [0.25, 0.3) is 0 Å². The van der Waals surface area contributed by atoms with Gasteiger partial charge in [-0.15, -0.1) is 0 Å². The van der Waals surface area contributed by atoms with Gasteiger partial charge in [0.25, 0.3) is 0 Å². The molecule has 6 heteroatoms. The molecule has 0 saturated carbocycles. The molecule has 0 radical (unpaired) electrons. The highest BCUT2D eigenvalue weighted by atomic mass is 16.2. The molecule has 1 heterocycles. The first-order valence-electron chi connectivity index (χ1n) is 11.0. The first-order valence-corrected chi connectivity index (χ1v) is 11.0. The van der Waals surface area contributed by atoms with Crippen LogP contribution in [0.1, 0.15) is 36.8 Å². The van der Waals surface area contributed by atoms with Gasteiger partial charge in [0.05, 0.1) is 0 Å². The Bertz CT molecular complexity index is 870. The van der Waals surface area contributed by atoms with E-state index in [-0.39, 0.29) is 17.7 Å². The molecule has 0 unspecified atom stereocenters. The third kappa shape index (κ3) is 6.67. The third-order valence-electron chi connectivity index (χ3n) is 5.76. The number of hydrogen-bond donors (Lipinski definition) is 2. The maximum Gasteiger partial charge on any atom is 0.243 e. The molecule has 3 rings (SSSR count). The molecule has 1 saturated heterocycles. The third-order valence-corrected chi connectivity index (χ3v) is 5.76. The maximum atomic E-state index is 13.2. The Hall–Kier alpha value is -3.15. The summed E-state index contributed by atoms with van der Waals surface area (Å²) in [6.07, 6.45) is 3.73. The summed E-state index contributed by atoms with van der Waals surface area (Å²) >= 11 is 0. The summed E-state index contributed by atoms with van der Waals surface area (Å²) in [4.78, 5) is 40.0. The molecule has 0 aliphatic carbocycles. The summed E-state index contributed by atoms with van der Waals surface area (Å²) in [5.74, 6) is -0.533. The van der Waals surface area contributed by atoms with Crippen molar-refractivity contribution in [1.29, 1.82) is 0 Å². The molecular formula is C25H31N3O3. The van der Waals surface area contributed by atoms with E-state index in [9.17, 15) is 14.4 Å². The highest BCUT2D eigenvalue weighted by Gasteiger charge is 2.31. The van der Waals surface area contributed by atoms with Gasteiger partial charge < -0.3 is 15.5 Å². The van der Waals surface area contributed by atoms with Crippen molar-refractivity contribution in [2.45, 2.75) is 50.6 Å². The summed E-state index contributed by atoms with van der Waals surface area (Å²) in [7, 11) is 1.67. The lowest BCUT2D eigenvalue weighted by Gasteiger charge is -2.29. The molecule has 3 amide bonds. The molecule has 1 fully saturated rings. The second-order valence-electron chi connectivity index (χ2n) is 8.04. The quantitative estimate of drug-likeness (QED) is 0.687. The minimum Gasteiger partial charge on any atom is -0.354 e. The molecule has 2 aromatic rings. The highest BCUT2D eigenvalue weighted by Crippen LogP contribution is 2.13. The molecule has 2 N–H and O–H groups in total. The van der Waals surface area contributed by atoms with Crippen molar-refractivity contribution in [2.75, 3.05) is 13.6 Å². The van der Waals surface area contributed by atoms with Gasteiger partial charge in [-0.1, -0.05) is 60.7 Å². The molecule has 2 atom stereocenters. The Morgan fingerprint density at radius 3 is 2.35 bits per heavy atom. The number of carbonyl (C=O) groups is 3. The fourth-order valence-corrected chi connectivity index (χ4v) is 3.83. The van der Waals surface area contributed by atoms with E-state index in [1.807, 2.05) is 60.7 Å². The van der Waals surface area contributed by atoms with Crippen LogP contribution in [0, 0.1) is 0 Å². The van der Waals surface area contributed by atoms with E-state index in [0.717, 1.165) is 24.0 Å². The van der Waals surface area contributed by atoms with Crippen LogP contribution in [-0.2, 0) is 27.2 Å². The van der Waals surface area contributed by atoms with Crippen molar-refractivity contribution < 1.29 is 14.4 Å². The van der Waals surface area contributed by atoms with E-state index in [4.69, 9.17) is 0 Å². The van der Waals surface area contributed by atoms with E-state index >= 15 is 0 Å². The second-order valence-corrected chi connectivity index (χ2v) is 8.04. The van der Waals surface area contributed by atoms with Crippen LogP contribution in [0.3, 0.4) is 0 Å². The van der Waals surface area contributed by atoms with Crippen molar-refractivity contribution in [1.82, 2.24) is 15.5 Å². The topological polar surface area (TPSA) is 78.5 Å². The highest BCUT2D eigenvalue weighted by molar-refractivity contribution is 5.92. The summed E-state index contributed by atoms with van der Waals surface area (Å²) in [6, 6.07) is 18.2. The fourth-order valence-electron chi connectivity index (χ4n) is 3.83. The van der Waals surface area contributed by atoms with Gasteiger partial charge in [0.1, 0.15) is 12.1 Å². The molecular weight excluding hydrogens is 390 g/mol. The minimum atomic E-state index is -0.679. The zero-order valence-electron chi connectivity index (χ0n) is 18.0. The molecule has 0 spiro atoms. The zero-order chi connectivity index (χ0) is 22.1. The molecule has 0 aromatic heterocycles. The lowest BCUT2D eigenvalue weighted by molar-refractivity contribution is -0.140. The average Bonchev–Trinajstić information content (AvgIpc) is 3.00. The van der Waals surface area contributed by atoms with Gasteiger partial charge in [0.15, 0.2) is 0 Å². The average molecular weight is 422 g/mol. The summed E-state index contributed by atoms with van der Waals surface area (Å²) in [6.45, 7) is 0.635. The van der Waals surface area contributed by atoms with Crippen LogP contribution < -0.4 is 10.6 Å². The molecule has 1 aliphatic heterocycles. The standard InChI is InChI=1S/C25H31N3O3/c1-28(23(29)16-15-19-10-4-2-5-11-19)22(18-20-12-6-3-7-13-20)25(31)27-21-14-8-9-17-26-24(21)30/h2-7,10-13,21-22H,8-9,14-18H2,1H3,(H,26,30)(H,27,31)/t21-,22+/m1/s1. The Balaban J connectivity index is 1.70. The van der Waals surface area contributed by atoms with Gasteiger partial charge in [-0.05, 0) is 36.8 Å². The SMILES string of the molecule is CN(C(=O)CCc1ccccc1)[C@@H](Cc1ccccc1)C(=O)N[C@@H]1CCCCNC1=O. The minimum absolute atomic E-state index is 0.0924. The monoisotopic (exact) mass is 421 g/mol. The number of carbonyl (C=O) groups excluding carboxylic acids is 3. The van der Waals surface area contributed by atoms with Crippen LogP contribution in [-0.4, -0.2) is 48.3 Å². The van der Waals surface area contributed by atoms with Crippen molar-refractivity contribution in [3.05, 3.63) is 71.8 Å². The summed E-state index contributed by atoms with van der Waals surface area (Å²) in [5.41, 5.74) is 2.05. The van der Waals surface area contributed by atoms with Crippen LogP contribution in [0.15, 0.2) is 60.7 Å². The van der Waals surface area contributed by atoms with Crippen LogP contribution >= 0.6 is 0 Å². The lowest BCUT2D eigenvalue weighted by atomic mass is 10.0. The summed E-state index contributed by atoms with van der Waals surface area (Å²) < 4.78 is 0. The van der Waals surface area contributed by atoms with E-state index in [1.165, 1.54) is 4.90 Å². The molecule has 31 heavy (non-hydrogen) atoms. The fraction of sp³-hybridized carbons (Fsp3) is 0.400. The largest absolute Gasteiger partial charge is 0.354 e. The normalized spacial score (nSPS) is 17.2. The molecule has 0 bridgehead atoms. The first-order chi connectivity index (χ1) is 15.0. The maximum absolute atomic E-state index is 13.2.